The highest BCUT2D eigenvalue weighted by Gasteiger charge is 2.30. The van der Waals surface area contributed by atoms with E-state index in [2.05, 4.69) is 5.32 Å². The van der Waals surface area contributed by atoms with Crippen molar-refractivity contribution in [3.8, 4) is 0 Å². The maximum Gasteiger partial charge on any atom is 0.223 e. The lowest BCUT2D eigenvalue weighted by Gasteiger charge is -2.32. The molecule has 4 nitrogen and oxygen atoms in total. The molecule has 0 spiro atoms. The molecule has 21 heavy (non-hydrogen) atoms. The summed E-state index contributed by atoms with van der Waals surface area (Å²) >= 11 is 5.86. The normalized spacial score (nSPS) is 27.1. The van der Waals surface area contributed by atoms with Crippen molar-refractivity contribution >= 4 is 17.5 Å². The first-order chi connectivity index (χ1) is 9.99. The molecule has 1 aromatic rings. The molecule has 1 aliphatic heterocycles. The molecular weight excluding hydrogens is 290 g/mol. The van der Waals surface area contributed by atoms with Crippen LogP contribution in [0.15, 0.2) is 24.3 Å². The maximum atomic E-state index is 12.4. The fourth-order valence-corrected chi connectivity index (χ4v) is 2.96. The molecule has 1 saturated heterocycles. The molecule has 2 rings (SSSR count). The van der Waals surface area contributed by atoms with Crippen molar-refractivity contribution in [1.29, 1.82) is 0 Å². The lowest BCUT2D eigenvalue weighted by atomic mass is 9.91. The molecule has 1 aliphatic rings. The third-order valence-corrected chi connectivity index (χ3v) is 4.09. The maximum absolute atomic E-state index is 12.4. The molecule has 1 aromatic carbocycles. The fourth-order valence-electron chi connectivity index (χ4n) is 2.84. The predicted molar refractivity (Wildman–Crippen MR) is 82.2 cm³/mol. The minimum Gasteiger partial charge on any atom is -0.394 e. The van der Waals surface area contributed by atoms with Gasteiger partial charge in [0.25, 0.3) is 0 Å². The molecule has 5 heteroatoms. The molecule has 1 amide bonds. The van der Waals surface area contributed by atoms with Crippen LogP contribution in [0.3, 0.4) is 0 Å². The zero-order chi connectivity index (χ0) is 15.4. The topological polar surface area (TPSA) is 58.6 Å². The highest BCUT2D eigenvalue weighted by Crippen LogP contribution is 2.26. The third kappa shape index (κ3) is 4.43. The van der Waals surface area contributed by atoms with Crippen molar-refractivity contribution < 1.29 is 14.6 Å². The minimum atomic E-state index is -0.400. The predicted octanol–water partition coefficient (Wildman–Crippen LogP) is 2.69. The Morgan fingerprint density at radius 3 is 2.43 bits per heavy atom. The summed E-state index contributed by atoms with van der Waals surface area (Å²) in [6, 6.07) is 6.75. The van der Waals surface area contributed by atoms with Gasteiger partial charge in [-0.1, -0.05) is 23.7 Å². The van der Waals surface area contributed by atoms with Crippen LogP contribution in [-0.4, -0.2) is 29.8 Å². The number of aliphatic hydroxyl groups is 1. The van der Waals surface area contributed by atoms with E-state index in [0.29, 0.717) is 5.02 Å². The van der Waals surface area contributed by atoms with Crippen molar-refractivity contribution in [3.05, 3.63) is 34.9 Å². The Balaban J connectivity index is 2.00. The van der Waals surface area contributed by atoms with Gasteiger partial charge in [-0.25, -0.2) is 0 Å². The molecule has 1 heterocycles. The van der Waals surface area contributed by atoms with Crippen LogP contribution in [-0.2, 0) is 9.53 Å². The summed E-state index contributed by atoms with van der Waals surface area (Å²) < 4.78 is 5.65. The number of aliphatic hydroxyl groups excluding tert-OH is 1. The van der Waals surface area contributed by atoms with E-state index in [-0.39, 0.29) is 30.6 Å². The average molecular weight is 312 g/mol. The Labute approximate surface area is 130 Å². The van der Waals surface area contributed by atoms with Crippen LogP contribution < -0.4 is 5.32 Å². The van der Waals surface area contributed by atoms with E-state index in [9.17, 15) is 9.90 Å². The van der Waals surface area contributed by atoms with Gasteiger partial charge in [0, 0.05) is 10.9 Å². The standard InChI is InChI=1S/C16H22ClNO3/c1-10-7-13(8-11(2)21-10)16(20)18-15(9-19)12-3-5-14(17)6-4-12/h3-6,10-11,13,15,19H,7-9H2,1-2H3,(H,18,20). The molecule has 0 saturated carbocycles. The monoisotopic (exact) mass is 311 g/mol. The van der Waals surface area contributed by atoms with Gasteiger partial charge < -0.3 is 15.2 Å². The van der Waals surface area contributed by atoms with Crippen LogP contribution >= 0.6 is 11.6 Å². The molecule has 2 N–H and O–H groups in total. The van der Waals surface area contributed by atoms with Gasteiger partial charge >= 0.3 is 0 Å². The van der Waals surface area contributed by atoms with Gasteiger partial charge in [-0.15, -0.1) is 0 Å². The van der Waals surface area contributed by atoms with Crippen molar-refractivity contribution in [3.63, 3.8) is 0 Å². The summed E-state index contributed by atoms with van der Waals surface area (Å²) in [5.74, 6) is -0.0869. The molecule has 0 bridgehead atoms. The summed E-state index contributed by atoms with van der Waals surface area (Å²) in [7, 11) is 0. The Kier molecular flexibility index (Phi) is 5.62. The van der Waals surface area contributed by atoms with E-state index in [1.807, 2.05) is 26.0 Å². The zero-order valence-corrected chi connectivity index (χ0v) is 13.1. The van der Waals surface area contributed by atoms with Crippen LogP contribution in [0.5, 0.6) is 0 Å². The van der Waals surface area contributed by atoms with Crippen molar-refractivity contribution in [2.45, 2.75) is 44.9 Å². The van der Waals surface area contributed by atoms with E-state index < -0.39 is 6.04 Å². The van der Waals surface area contributed by atoms with Gasteiger partial charge in [0.2, 0.25) is 5.91 Å². The number of hydrogen-bond acceptors (Lipinski definition) is 3. The second-order valence-electron chi connectivity index (χ2n) is 5.72. The number of amides is 1. The van der Waals surface area contributed by atoms with Crippen LogP contribution in [0.25, 0.3) is 0 Å². The molecule has 0 aliphatic carbocycles. The quantitative estimate of drug-likeness (QED) is 0.899. The number of rotatable bonds is 4. The number of ether oxygens (including phenoxy) is 1. The first kappa shape index (κ1) is 16.3. The molecule has 3 atom stereocenters. The van der Waals surface area contributed by atoms with E-state index >= 15 is 0 Å². The van der Waals surface area contributed by atoms with Gasteiger partial charge in [-0.05, 0) is 44.4 Å². The Hall–Kier alpha value is -1.10. The first-order valence-electron chi connectivity index (χ1n) is 7.31. The Morgan fingerprint density at radius 2 is 1.90 bits per heavy atom. The zero-order valence-electron chi connectivity index (χ0n) is 12.4. The van der Waals surface area contributed by atoms with Gasteiger partial charge in [-0.3, -0.25) is 4.79 Å². The molecule has 0 radical (unpaired) electrons. The number of benzene rings is 1. The van der Waals surface area contributed by atoms with Crippen molar-refractivity contribution in [2.24, 2.45) is 5.92 Å². The summed E-state index contributed by atoms with van der Waals surface area (Å²) in [5, 5.41) is 13.1. The smallest absolute Gasteiger partial charge is 0.223 e. The van der Waals surface area contributed by atoms with Crippen molar-refractivity contribution in [1.82, 2.24) is 5.32 Å². The number of carbonyl (C=O) groups is 1. The SMILES string of the molecule is CC1CC(C(=O)NC(CO)c2ccc(Cl)cc2)CC(C)O1. The van der Waals surface area contributed by atoms with Gasteiger partial charge in [0.1, 0.15) is 0 Å². The second-order valence-corrected chi connectivity index (χ2v) is 6.16. The largest absolute Gasteiger partial charge is 0.394 e. The number of halogens is 1. The third-order valence-electron chi connectivity index (χ3n) is 3.84. The van der Waals surface area contributed by atoms with Gasteiger partial charge in [-0.2, -0.15) is 0 Å². The van der Waals surface area contributed by atoms with E-state index in [1.165, 1.54) is 0 Å². The molecule has 1 fully saturated rings. The number of nitrogens with one attached hydrogen (secondary N) is 1. The van der Waals surface area contributed by atoms with Gasteiger partial charge in [0.15, 0.2) is 0 Å². The highest BCUT2D eigenvalue weighted by atomic mass is 35.5. The first-order valence-corrected chi connectivity index (χ1v) is 7.69. The molecule has 3 unspecified atom stereocenters. The molecule has 0 aromatic heterocycles. The summed E-state index contributed by atoms with van der Waals surface area (Å²) in [6.07, 6.45) is 1.62. The molecular formula is C16H22ClNO3. The summed E-state index contributed by atoms with van der Waals surface area (Å²) in [5.41, 5.74) is 0.850. The van der Waals surface area contributed by atoms with Crippen LogP contribution in [0.1, 0.15) is 38.3 Å². The lowest BCUT2D eigenvalue weighted by molar-refractivity contribution is -0.134. The van der Waals surface area contributed by atoms with Crippen LogP contribution in [0.2, 0.25) is 5.02 Å². The summed E-state index contributed by atoms with van der Waals surface area (Å²) in [6.45, 7) is 3.83. The fraction of sp³-hybridized carbons (Fsp3) is 0.562. The number of hydrogen-bond donors (Lipinski definition) is 2. The number of carbonyl (C=O) groups excluding carboxylic acids is 1. The Bertz CT molecular complexity index is 467. The van der Waals surface area contributed by atoms with Crippen LogP contribution in [0, 0.1) is 5.92 Å². The molecule has 116 valence electrons. The van der Waals surface area contributed by atoms with E-state index in [1.54, 1.807) is 12.1 Å². The average Bonchev–Trinajstić information content (AvgIpc) is 2.44. The minimum absolute atomic E-state index is 0.0222. The second kappa shape index (κ2) is 7.25. The van der Waals surface area contributed by atoms with Crippen molar-refractivity contribution in [2.75, 3.05) is 6.61 Å². The van der Waals surface area contributed by atoms with E-state index in [4.69, 9.17) is 16.3 Å². The van der Waals surface area contributed by atoms with Crippen LogP contribution in [0.4, 0.5) is 0 Å². The summed E-state index contributed by atoms with van der Waals surface area (Å²) in [4.78, 5) is 12.4. The highest BCUT2D eigenvalue weighted by molar-refractivity contribution is 6.30. The lowest BCUT2D eigenvalue weighted by Crippen LogP contribution is -2.41. The Morgan fingerprint density at radius 1 is 1.33 bits per heavy atom. The van der Waals surface area contributed by atoms with Gasteiger partial charge in [0.05, 0.1) is 24.9 Å². The van der Waals surface area contributed by atoms with E-state index in [0.717, 1.165) is 18.4 Å².